The van der Waals surface area contributed by atoms with E-state index in [1.807, 2.05) is 6.07 Å². The fourth-order valence-corrected chi connectivity index (χ4v) is 7.96. The van der Waals surface area contributed by atoms with Gasteiger partial charge in [0.2, 0.25) is 0 Å². The summed E-state index contributed by atoms with van der Waals surface area (Å²) in [5.74, 6) is 0.479. The zero-order valence-electron chi connectivity index (χ0n) is 9.56. The molecule has 1 fully saturated rings. The van der Waals surface area contributed by atoms with E-state index in [1.54, 1.807) is 12.1 Å². The number of rotatable bonds is 0. The maximum absolute atomic E-state index is 13.1. The van der Waals surface area contributed by atoms with Crippen molar-refractivity contribution in [3.8, 4) is 0 Å². The molecule has 0 N–H and O–H groups in total. The molecule has 1 nitrogen and oxygen atoms in total. The Hall–Kier alpha value is -0.300. The summed E-state index contributed by atoms with van der Waals surface area (Å²) in [7, 11) is 0. The Labute approximate surface area is 111 Å². The van der Waals surface area contributed by atoms with Crippen LogP contribution in [0.5, 0.6) is 0 Å². The first-order valence-corrected chi connectivity index (χ1v) is 9.09. The molecular weight excluding hydrogens is 356 g/mol. The van der Waals surface area contributed by atoms with Crippen molar-refractivity contribution in [2.75, 3.05) is 6.61 Å². The van der Waals surface area contributed by atoms with Crippen LogP contribution >= 0.6 is 20.2 Å². The van der Waals surface area contributed by atoms with E-state index in [4.69, 9.17) is 3.07 Å². The summed E-state index contributed by atoms with van der Waals surface area (Å²) in [6.07, 6.45) is 3.12. The minimum atomic E-state index is -4.15. The topological polar surface area (TPSA) is 9.23 Å². The third-order valence-electron chi connectivity index (χ3n) is 4.44. The summed E-state index contributed by atoms with van der Waals surface area (Å²) in [5.41, 5.74) is 2.15. The van der Waals surface area contributed by atoms with E-state index in [0.717, 1.165) is 24.8 Å². The fraction of sp³-hybridized carbons (Fsp3) is 0.538. The van der Waals surface area contributed by atoms with Gasteiger partial charge in [0.1, 0.15) is 0 Å². The van der Waals surface area contributed by atoms with Crippen LogP contribution in [0.3, 0.4) is 0 Å². The molecule has 2 unspecified atom stereocenters. The van der Waals surface area contributed by atoms with Gasteiger partial charge in [-0.3, -0.25) is 0 Å². The molecule has 5 heteroatoms. The average Bonchev–Trinajstić information content (AvgIpc) is 2.85. The van der Waals surface area contributed by atoms with Crippen molar-refractivity contribution in [2.45, 2.75) is 34.8 Å². The molecule has 2 atom stereocenters. The predicted molar refractivity (Wildman–Crippen MR) is 69.4 cm³/mol. The van der Waals surface area contributed by atoms with Crippen LogP contribution in [-0.2, 0) is 8.48 Å². The summed E-state index contributed by atoms with van der Waals surface area (Å²) in [6.45, 7) is 0.303. The summed E-state index contributed by atoms with van der Waals surface area (Å²) < 4.78 is 41.0. The van der Waals surface area contributed by atoms with Crippen LogP contribution in [-0.4, -0.2) is 10.8 Å². The Morgan fingerprint density at radius 1 is 1.33 bits per heavy atom. The van der Waals surface area contributed by atoms with Gasteiger partial charge in [0.05, 0.1) is 0 Å². The van der Waals surface area contributed by atoms with Gasteiger partial charge in [0.25, 0.3) is 0 Å². The van der Waals surface area contributed by atoms with E-state index in [9.17, 15) is 13.2 Å². The molecular formula is C13H12F3IO. The van der Waals surface area contributed by atoms with Gasteiger partial charge in [-0.15, -0.1) is 0 Å². The van der Waals surface area contributed by atoms with E-state index in [-0.39, 0.29) is 5.41 Å². The Morgan fingerprint density at radius 3 is 2.94 bits per heavy atom. The first kappa shape index (κ1) is 11.5. The van der Waals surface area contributed by atoms with Gasteiger partial charge in [-0.05, 0) is 0 Å². The van der Waals surface area contributed by atoms with Gasteiger partial charge in [0.15, 0.2) is 0 Å². The van der Waals surface area contributed by atoms with Crippen molar-refractivity contribution < 1.29 is 16.2 Å². The van der Waals surface area contributed by atoms with Crippen LogP contribution in [0.1, 0.15) is 36.3 Å². The van der Waals surface area contributed by atoms with Crippen molar-refractivity contribution in [1.82, 2.24) is 0 Å². The van der Waals surface area contributed by atoms with Crippen LogP contribution in [0.25, 0.3) is 0 Å². The van der Waals surface area contributed by atoms with Gasteiger partial charge >= 0.3 is 111 Å². The maximum atomic E-state index is 13.1. The molecule has 1 aromatic rings. The second-order valence-corrected chi connectivity index (χ2v) is 9.78. The standard InChI is InChI=1S/C13H12F3IO/c14-13(15,16)17-10-3-1-2-9-8-4-5-12(6-8,7-18-17)11(9)10/h1-3,8H,4-7H2. The third kappa shape index (κ3) is 1.32. The van der Waals surface area contributed by atoms with Gasteiger partial charge < -0.3 is 0 Å². The molecule has 0 saturated heterocycles. The van der Waals surface area contributed by atoms with Crippen LogP contribution in [0.4, 0.5) is 13.2 Å². The first-order valence-electron chi connectivity index (χ1n) is 6.05. The third-order valence-corrected chi connectivity index (χ3v) is 8.44. The normalized spacial score (nSPS) is 34.8. The molecule has 1 heterocycles. The molecule has 0 radical (unpaired) electrons. The number of benzene rings is 1. The van der Waals surface area contributed by atoms with Gasteiger partial charge in [-0.1, -0.05) is 0 Å². The van der Waals surface area contributed by atoms with Crippen molar-refractivity contribution in [3.63, 3.8) is 0 Å². The van der Waals surface area contributed by atoms with Crippen LogP contribution < -0.4 is 0 Å². The molecule has 1 aliphatic heterocycles. The predicted octanol–water partition coefficient (Wildman–Crippen LogP) is 4.35. The van der Waals surface area contributed by atoms with E-state index in [2.05, 4.69) is 0 Å². The summed E-state index contributed by atoms with van der Waals surface area (Å²) in [4.78, 5) is 0. The molecule has 4 rings (SSSR count). The summed E-state index contributed by atoms with van der Waals surface area (Å²) in [6, 6.07) is 5.48. The molecule has 3 aliphatic rings. The average molecular weight is 368 g/mol. The van der Waals surface area contributed by atoms with E-state index in [0.29, 0.717) is 16.1 Å². The first-order chi connectivity index (χ1) is 8.51. The van der Waals surface area contributed by atoms with Crippen molar-refractivity contribution in [2.24, 2.45) is 0 Å². The number of hydrogen-bond acceptors (Lipinski definition) is 1. The van der Waals surface area contributed by atoms with Crippen LogP contribution in [0, 0.1) is 3.57 Å². The Morgan fingerprint density at radius 2 is 2.17 bits per heavy atom. The number of halogens is 4. The SMILES string of the molecule is FC(F)(F)I1OCC23CCC(C2)c2cccc1c23. The molecule has 0 aromatic heterocycles. The molecule has 1 aromatic carbocycles. The molecule has 1 saturated carbocycles. The van der Waals surface area contributed by atoms with Crippen LogP contribution in [0.15, 0.2) is 18.2 Å². The molecule has 2 bridgehead atoms. The number of alkyl halides is 4. The molecule has 18 heavy (non-hydrogen) atoms. The quantitative estimate of drug-likeness (QED) is 0.489. The van der Waals surface area contributed by atoms with Crippen molar-refractivity contribution in [3.05, 3.63) is 32.9 Å². The second kappa shape index (κ2) is 3.42. The Kier molecular flexibility index (Phi) is 2.19. The van der Waals surface area contributed by atoms with E-state index < -0.39 is 24.4 Å². The van der Waals surface area contributed by atoms with E-state index >= 15 is 0 Å². The summed E-state index contributed by atoms with van der Waals surface area (Å²) in [5, 5.41) is 0. The monoisotopic (exact) mass is 368 g/mol. The molecule has 0 amide bonds. The Balaban J connectivity index is 1.94. The van der Waals surface area contributed by atoms with Gasteiger partial charge in [-0.2, -0.15) is 0 Å². The molecule has 1 spiro atoms. The van der Waals surface area contributed by atoms with E-state index in [1.165, 1.54) is 5.56 Å². The van der Waals surface area contributed by atoms with Crippen molar-refractivity contribution >= 4 is 20.2 Å². The number of fused-ring (bicyclic) bond motifs is 2. The Bertz CT molecular complexity index is 527. The van der Waals surface area contributed by atoms with Crippen LogP contribution in [0.2, 0.25) is 0 Å². The summed E-state index contributed by atoms with van der Waals surface area (Å²) >= 11 is -3.47. The fourth-order valence-electron chi connectivity index (χ4n) is 3.80. The molecule has 98 valence electrons. The van der Waals surface area contributed by atoms with Crippen molar-refractivity contribution in [1.29, 1.82) is 0 Å². The number of hydrogen-bond donors (Lipinski definition) is 0. The van der Waals surface area contributed by atoms with Gasteiger partial charge in [-0.25, -0.2) is 0 Å². The second-order valence-electron chi connectivity index (χ2n) is 5.35. The van der Waals surface area contributed by atoms with Gasteiger partial charge in [0, 0.05) is 0 Å². The minimum absolute atomic E-state index is 0.0736. The zero-order valence-corrected chi connectivity index (χ0v) is 11.7. The zero-order chi connectivity index (χ0) is 12.5. The molecule has 2 aliphatic carbocycles.